The minimum Gasteiger partial charge on any atom is -0.275 e. The minimum atomic E-state index is 0.0333. The van der Waals surface area contributed by atoms with Gasteiger partial charge in [0, 0.05) is 11.1 Å². The Morgan fingerprint density at radius 2 is 1.09 bits per heavy atom. The first kappa shape index (κ1) is 27.6. The van der Waals surface area contributed by atoms with Crippen molar-refractivity contribution >= 4 is 37.9 Å². The smallest absolute Gasteiger partial charge is 0.158 e. The fourth-order valence-corrected chi connectivity index (χ4v) is 7.92. The molecule has 0 aromatic heterocycles. The lowest BCUT2D eigenvalue weighted by atomic mass is 9.65. The van der Waals surface area contributed by atoms with Gasteiger partial charge in [-0.1, -0.05) is 114 Å². The zero-order chi connectivity index (χ0) is 25.1. The number of benzene rings is 2. The highest BCUT2D eigenvalue weighted by atomic mass is 31.1. The average Bonchev–Trinajstić information content (AvgIpc) is 2.79. The van der Waals surface area contributed by atoms with E-state index in [9.17, 15) is 4.57 Å². The van der Waals surface area contributed by atoms with E-state index < -0.39 is 0 Å². The molecule has 182 valence electrons. The molecule has 1 aliphatic rings. The second-order valence-corrected chi connectivity index (χ2v) is 17.2. The molecule has 1 fully saturated rings. The Morgan fingerprint density at radius 3 is 1.38 bits per heavy atom. The van der Waals surface area contributed by atoms with Crippen molar-refractivity contribution < 1.29 is 4.57 Å². The molecule has 0 atom stereocenters. The summed E-state index contributed by atoms with van der Waals surface area (Å²) in [5.74, 6) is 1.33. The third-order valence-corrected chi connectivity index (χ3v) is 13.2. The van der Waals surface area contributed by atoms with Crippen LogP contribution in [0.25, 0.3) is 0 Å². The molecule has 0 heterocycles. The molecule has 4 radical (unpaired) electrons. The minimum absolute atomic E-state index is 0.0333. The molecule has 0 unspecified atom stereocenters. The Balaban J connectivity index is 1.91. The van der Waals surface area contributed by atoms with Crippen molar-refractivity contribution in [2.75, 3.05) is 0 Å². The van der Waals surface area contributed by atoms with E-state index >= 15 is 0 Å². The molecule has 1 saturated carbocycles. The van der Waals surface area contributed by atoms with Gasteiger partial charge in [-0.25, -0.2) is 0 Å². The molecule has 2 aromatic rings. The van der Waals surface area contributed by atoms with Gasteiger partial charge in [0.05, 0.1) is 19.0 Å². The fraction of sp³-hybridized carbons (Fsp3) is 0.600. The summed E-state index contributed by atoms with van der Waals surface area (Å²) in [5, 5.41) is 3.56. The van der Waals surface area contributed by atoms with Crippen LogP contribution in [0.2, 0.25) is 10.1 Å². The SMILES string of the molecule is CC(C)C(C)(C)[Si]c1ccc(C2(c3ccc([Si]C(C)(C)C(C)C)cc3)CCC(P=O)CC2)cc1. The second-order valence-electron chi connectivity index (χ2n) is 12.1. The van der Waals surface area contributed by atoms with Crippen molar-refractivity contribution in [3.05, 3.63) is 59.7 Å². The van der Waals surface area contributed by atoms with Gasteiger partial charge in [-0.05, 0) is 58.7 Å². The van der Waals surface area contributed by atoms with Gasteiger partial charge < -0.3 is 0 Å². The van der Waals surface area contributed by atoms with Crippen LogP contribution in [0.3, 0.4) is 0 Å². The first-order valence-corrected chi connectivity index (χ1v) is 15.9. The van der Waals surface area contributed by atoms with Crippen molar-refractivity contribution in [3.63, 3.8) is 0 Å². The van der Waals surface area contributed by atoms with E-state index in [1.54, 1.807) is 0 Å². The summed E-state index contributed by atoms with van der Waals surface area (Å²) in [6.45, 7) is 18.9. The highest BCUT2D eigenvalue weighted by Gasteiger charge is 2.39. The van der Waals surface area contributed by atoms with Crippen LogP contribution in [0.15, 0.2) is 48.5 Å². The number of hydrogen-bond acceptors (Lipinski definition) is 1. The summed E-state index contributed by atoms with van der Waals surface area (Å²) in [7, 11) is 1.96. The maximum Gasteiger partial charge on any atom is 0.158 e. The van der Waals surface area contributed by atoms with Crippen LogP contribution in [-0.4, -0.2) is 24.7 Å². The first-order chi connectivity index (χ1) is 15.9. The predicted octanol–water partition coefficient (Wildman–Crippen LogP) is 7.58. The molecule has 34 heavy (non-hydrogen) atoms. The van der Waals surface area contributed by atoms with E-state index in [-0.39, 0.29) is 5.41 Å². The predicted molar refractivity (Wildman–Crippen MR) is 152 cm³/mol. The highest BCUT2D eigenvalue weighted by Crippen LogP contribution is 2.47. The summed E-state index contributed by atoms with van der Waals surface area (Å²) in [5.41, 5.74) is 3.21. The quantitative estimate of drug-likeness (QED) is 0.253. The van der Waals surface area contributed by atoms with Gasteiger partial charge in [-0.15, -0.1) is 0 Å². The zero-order valence-corrected chi connectivity index (χ0v) is 25.4. The van der Waals surface area contributed by atoms with Gasteiger partial charge >= 0.3 is 0 Å². The molecular weight excluding hydrogens is 463 g/mol. The Labute approximate surface area is 215 Å². The van der Waals surface area contributed by atoms with E-state index in [1.807, 2.05) is 0 Å². The Morgan fingerprint density at radius 1 is 0.735 bits per heavy atom. The molecule has 3 rings (SSSR count). The van der Waals surface area contributed by atoms with Crippen LogP contribution in [0.1, 0.15) is 92.2 Å². The topological polar surface area (TPSA) is 17.1 Å². The number of hydrogen-bond donors (Lipinski definition) is 0. The van der Waals surface area contributed by atoms with Gasteiger partial charge in [0.25, 0.3) is 0 Å². The van der Waals surface area contributed by atoms with Gasteiger partial charge in [-0.3, -0.25) is 4.57 Å². The molecular formula is C30H43OPSi2. The van der Waals surface area contributed by atoms with Crippen LogP contribution in [0.5, 0.6) is 0 Å². The van der Waals surface area contributed by atoms with Crippen LogP contribution in [0, 0.1) is 11.8 Å². The van der Waals surface area contributed by atoms with Crippen LogP contribution < -0.4 is 10.4 Å². The molecule has 4 heteroatoms. The average molecular weight is 507 g/mol. The van der Waals surface area contributed by atoms with E-state index in [1.165, 1.54) is 21.5 Å². The third-order valence-electron chi connectivity index (χ3n) is 8.65. The van der Waals surface area contributed by atoms with Gasteiger partial charge in [0.2, 0.25) is 0 Å². The largest absolute Gasteiger partial charge is 0.275 e. The van der Waals surface area contributed by atoms with E-state index in [2.05, 4.69) is 104 Å². The molecule has 0 N–H and O–H groups in total. The molecule has 0 amide bonds. The summed E-state index contributed by atoms with van der Waals surface area (Å²) < 4.78 is 11.6. The maximum absolute atomic E-state index is 11.6. The molecule has 1 nitrogen and oxygen atoms in total. The van der Waals surface area contributed by atoms with Crippen molar-refractivity contribution in [2.45, 2.75) is 102 Å². The monoisotopic (exact) mass is 506 g/mol. The Hall–Kier alpha value is -1.03. The summed E-state index contributed by atoms with van der Waals surface area (Å²) in [4.78, 5) is 0. The van der Waals surface area contributed by atoms with Crippen molar-refractivity contribution in [2.24, 2.45) is 11.8 Å². The standard InChI is InChI=1S/C30H43OPSi2/c1-21(2)28(5,6)33-26-13-9-23(10-14-26)30(19-17-25(32-31)18-20-30)24-11-15-27(16-12-24)34-29(7,8)22(3)4/h9-16,21-22,25H,17-20H2,1-8H3. The van der Waals surface area contributed by atoms with Crippen LogP contribution in [0.4, 0.5) is 0 Å². The molecule has 1 aliphatic carbocycles. The lowest BCUT2D eigenvalue weighted by molar-refractivity contribution is 0.349. The summed E-state index contributed by atoms with van der Waals surface area (Å²) in [6, 6.07) is 19.1. The third kappa shape index (κ3) is 6.20. The molecule has 2 aromatic carbocycles. The molecule has 0 bridgehead atoms. The summed E-state index contributed by atoms with van der Waals surface area (Å²) >= 11 is 0. The lowest BCUT2D eigenvalue weighted by Gasteiger charge is -2.40. The first-order valence-electron chi connectivity index (χ1n) is 13.0. The number of rotatable bonds is 9. The lowest BCUT2D eigenvalue weighted by Crippen LogP contribution is -2.35. The normalized spacial score (nSPS) is 17.6. The molecule has 0 aliphatic heterocycles. The van der Waals surface area contributed by atoms with Gasteiger partial charge in [0.15, 0.2) is 8.46 Å². The van der Waals surface area contributed by atoms with Crippen LogP contribution >= 0.6 is 8.46 Å². The molecule has 0 saturated heterocycles. The van der Waals surface area contributed by atoms with Gasteiger partial charge in [0.1, 0.15) is 0 Å². The van der Waals surface area contributed by atoms with E-state index in [4.69, 9.17) is 0 Å². The second kappa shape index (κ2) is 10.9. The Bertz CT molecular complexity index is 869. The van der Waals surface area contributed by atoms with E-state index in [0.717, 1.165) is 44.7 Å². The zero-order valence-electron chi connectivity index (χ0n) is 22.5. The molecule has 0 spiro atoms. The summed E-state index contributed by atoms with van der Waals surface area (Å²) in [6.07, 6.45) is 4.20. The van der Waals surface area contributed by atoms with Crippen molar-refractivity contribution in [1.82, 2.24) is 0 Å². The Kier molecular flexibility index (Phi) is 8.86. The highest BCUT2D eigenvalue weighted by molar-refractivity contribution is 7.24. The fourth-order valence-electron chi connectivity index (χ4n) is 4.72. The van der Waals surface area contributed by atoms with Gasteiger partial charge in [-0.2, -0.15) is 0 Å². The van der Waals surface area contributed by atoms with Crippen molar-refractivity contribution in [1.29, 1.82) is 0 Å². The van der Waals surface area contributed by atoms with E-state index in [0.29, 0.717) is 36.0 Å². The van der Waals surface area contributed by atoms with Crippen LogP contribution in [-0.2, 0) is 9.98 Å². The maximum atomic E-state index is 11.6. The van der Waals surface area contributed by atoms with Crippen molar-refractivity contribution in [3.8, 4) is 0 Å².